The molecule has 8 heteroatoms. The predicted octanol–water partition coefficient (Wildman–Crippen LogP) is 2.17. The minimum absolute atomic E-state index is 0.171. The summed E-state index contributed by atoms with van der Waals surface area (Å²) in [4.78, 5) is 36.4. The fraction of sp³-hybridized carbons (Fsp3) is 0.100. The van der Waals surface area contributed by atoms with Crippen molar-refractivity contribution in [1.29, 1.82) is 0 Å². The van der Waals surface area contributed by atoms with E-state index in [9.17, 15) is 19.5 Å². The molecule has 0 unspecified atom stereocenters. The van der Waals surface area contributed by atoms with E-state index in [1.165, 1.54) is 0 Å². The van der Waals surface area contributed by atoms with Gasteiger partial charge in [-0.15, -0.1) is 0 Å². The summed E-state index contributed by atoms with van der Waals surface area (Å²) >= 11 is 6.06. The second-order valence-corrected chi connectivity index (χ2v) is 7.64. The molecule has 0 atom stereocenters. The lowest BCUT2D eigenvalue weighted by atomic mass is 10.1. The zero-order valence-electron chi connectivity index (χ0n) is 14.7. The van der Waals surface area contributed by atoms with E-state index in [0.29, 0.717) is 21.8 Å². The number of carbonyl (C=O) groups is 3. The van der Waals surface area contributed by atoms with Gasteiger partial charge in [0.2, 0.25) is 0 Å². The molecule has 142 valence electrons. The first-order valence-electron chi connectivity index (χ1n) is 8.17. The van der Waals surface area contributed by atoms with Crippen LogP contribution >= 0.6 is 24.0 Å². The smallest absolute Gasteiger partial charge is 0.343 e. The zero-order chi connectivity index (χ0) is 20.3. The van der Waals surface area contributed by atoms with Gasteiger partial charge in [-0.25, -0.2) is 4.79 Å². The number of ether oxygens (including phenoxy) is 1. The van der Waals surface area contributed by atoms with E-state index in [2.05, 4.69) is 0 Å². The minimum Gasteiger partial charge on any atom is -0.548 e. The van der Waals surface area contributed by atoms with Gasteiger partial charge < -0.3 is 14.6 Å². The number of thioether (sulfide) groups is 1. The van der Waals surface area contributed by atoms with Crippen LogP contribution in [0.4, 0.5) is 0 Å². The molecule has 1 aliphatic heterocycles. The Morgan fingerprint density at radius 2 is 1.93 bits per heavy atom. The van der Waals surface area contributed by atoms with Crippen molar-refractivity contribution in [1.82, 2.24) is 4.90 Å². The molecule has 2 aromatic rings. The fourth-order valence-corrected chi connectivity index (χ4v) is 3.74. The van der Waals surface area contributed by atoms with Crippen LogP contribution in [0.5, 0.6) is 5.75 Å². The van der Waals surface area contributed by atoms with Gasteiger partial charge in [0.15, 0.2) is 0 Å². The molecule has 3 rings (SSSR count). The van der Waals surface area contributed by atoms with Gasteiger partial charge in [0.05, 0.1) is 23.0 Å². The van der Waals surface area contributed by atoms with Crippen LogP contribution in [0.25, 0.3) is 6.08 Å². The van der Waals surface area contributed by atoms with E-state index in [1.807, 2.05) is 13.0 Å². The Hall–Kier alpha value is -2.97. The number of benzene rings is 2. The Morgan fingerprint density at radius 3 is 2.57 bits per heavy atom. The van der Waals surface area contributed by atoms with Crippen molar-refractivity contribution in [3.8, 4) is 5.75 Å². The van der Waals surface area contributed by atoms with Gasteiger partial charge in [-0.05, 0) is 42.8 Å². The standard InChI is InChI=1S/C20H15NO5S2/c1-12-3-2-4-14(9-12)19(25)26-15-7-5-13(6-8-15)10-16-18(24)21(11-17(22)23)20(27)28-16/h2-10H,11H2,1H3,(H,22,23)/p-1/b16-10+. The number of rotatable bonds is 5. The molecule has 0 N–H and O–H groups in total. The lowest BCUT2D eigenvalue weighted by Gasteiger charge is -2.14. The third-order valence-electron chi connectivity index (χ3n) is 3.80. The first-order chi connectivity index (χ1) is 13.3. The zero-order valence-corrected chi connectivity index (χ0v) is 16.3. The maximum absolute atomic E-state index is 12.2. The number of carbonyl (C=O) groups excluding carboxylic acids is 3. The van der Waals surface area contributed by atoms with E-state index in [0.717, 1.165) is 22.2 Å². The predicted molar refractivity (Wildman–Crippen MR) is 107 cm³/mol. The van der Waals surface area contributed by atoms with E-state index >= 15 is 0 Å². The number of esters is 1. The molecule has 1 amide bonds. The van der Waals surface area contributed by atoms with Crippen molar-refractivity contribution in [2.75, 3.05) is 6.54 Å². The molecule has 0 spiro atoms. The molecule has 28 heavy (non-hydrogen) atoms. The quantitative estimate of drug-likeness (QED) is 0.322. The molecular weight excluding hydrogens is 398 g/mol. The summed E-state index contributed by atoms with van der Waals surface area (Å²) < 4.78 is 5.52. The molecule has 1 fully saturated rings. The summed E-state index contributed by atoms with van der Waals surface area (Å²) in [5.41, 5.74) is 2.10. The number of aliphatic carboxylic acids is 1. The maximum Gasteiger partial charge on any atom is 0.343 e. The normalized spacial score (nSPS) is 15.2. The lowest BCUT2D eigenvalue weighted by molar-refractivity contribution is -0.305. The van der Waals surface area contributed by atoms with Crippen LogP contribution in [0.3, 0.4) is 0 Å². The Balaban J connectivity index is 1.70. The molecule has 0 bridgehead atoms. The summed E-state index contributed by atoms with van der Waals surface area (Å²) in [6.45, 7) is 1.32. The highest BCUT2D eigenvalue weighted by Gasteiger charge is 2.31. The third kappa shape index (κ3) is 4.65. The van der Waals surface area contributed by atoms with Crippen LogP contribution in [0.2, 0.25) is 0 Å². The molecular formula is C20H14NO5S2-. The molecule has 1 heterocycles. The van der Waals surface area contributed by atoms with Crippen molar-refractivity contribution < 1.29 is 24.2 Å². The second kappa shape index (κ2) is 8.37. The summed E-state index contributed by atoms with van der Waals surface area (Å²) in [5.74, 6) is -1.95. The Morgan fingerprint density at radius 1 is 1.21 bits per heavy atom. The van der Waals surface area contributed by atoms with Crippen LogP contribution in [-0.2, 0) is 9.59 Å². The number of nitrogens with zero attached hydrogens (tertiary/aromatic N) is 1. The topological polar surface area (TPSA) is 86.7 Å². The first kappa shape index (κ1) is 19.8. The van der Waals surface area contributed by atoms with Crippen LogP contribution in [0, 0.1) is 6.92 Å². The van der Waals surface area contributed by atoms with Gasteiger partial charge in [0, 0.05) is 0 Å². The highest BCUT2D eigenvalue weighted by Crippen LogP contribution is 2.32. The summed E-state index contributed by atoms with van der Waals surface area (Å²) in [6, 6.07) is 13.7. The van der Waals surface area contributed by atoms with Gasteiger partial charge in [-0.2, -0.15) is 0 Å². The van der Waals surface area contributed by atoms with E-state index in [1.54, 1.807) is 48.5 Å². The van der Waals surface area contributed by atoms with Crippen LogP contribution in [-0.4, -0.2) is 33.6 Å². The van der Waals surface area contributed by atoms with Gasteiger partial charge in [-0.1, -0.05) is 53.8 Å². The van der Waals surface area contributed by atoms with Crippen molar-refractivity contribution in [3.05, 3.63) is 70.1 Å². The first-order valence-corrected chi connectivity index (χ1v) is 9.40. The highest BCUT2D eigenvalue weighted by atomic mass is 32.2. The summed E-state index contributed by atoms with van der Waals surface area (Å²) in [6.07, 6.45) is 1.60. The van der Waals surface area contributed by atoms with Gasteiger partial charge >= 0.3 is 5.97 Å². The maximum atomic E-state index is 12.2. The third-order valence-corrected chi connectivity index (χ3v) is 5.18. The highest BCUT2D eigenvalue weighted by molar-refractivity contribution is 8.26. The van der Waals surface area contributed by atoms with Gasteiger partial charge in [-0.3, -0.25) is 9.69 Å². The molecule has 0 radical (unpaired) electrons. The molecule has 2 aromatic carbocycles. The van der Waals surface area contributed by atoms with Crippen molar-refractivity contribution >= 4 is 52.2 Å². The van der Waals surface area contributed by atoms with E-state index < -0.39 is 24.4 Å². The largest absolute Gasteiger partial charge is 0.548 e. The number of amides is 1. The number of aryl methyl sites for hydroxylation is 1. The monoisotopic (exact) mass is 412 g/mol. The number of hydrogen-bond acceptors (Lipinski definition) is 7. The number of carboxylic acids is 1. The molecule has 0 saturated carbocycles. The van der Waals surface area contributed by atoms with Crippen molar-refractivity contribution in [3.63, 3.8) is 0 Å². The number of hydrogen-bond donors (Lipinski definition) is 0. The van der Waals surface area contributed by atoms with Crippen molar-refractivity contribution in [2.45, 2.75) is 6.92 Å². The molecule has 0 aliphatic carbocycles. The second-order valence-electron chi connectivity index (χ2n) is 5.97. The van der Waals surface area contributed by atoms with E-state index in [-0.39, 0.29) is 4.32 Å². The van der Waals surface area contributed by atoms with Crippen LogP contribution in [0.15, 0.2) is 53.4 Å². The molecule has 0 aromatic heterocycles. The van der Waals surface area contributed by atoms with Crippen molar-refractivity contribution in [2.24, 2.45) is 0 Å². The Bertz CT molecular complexity index is 998. The fourth-order valence-electron chi connectivity index (χ4n) is 2.49. The average Bonchev–Trinajstić information content (AvgIpc) is 2.90. The Kier molecular flexibility index (Phi) is 5.91. The minimum atomic E-state index is -1.38. The SMILES string of the molecule is Cc1cccc(C(=O)Oc2ccc(/C=C3/SC(=S)N(CC(=O)[O-])C3=O)cc2)c1. The number of carboxylic acid groups (broad SMARTS) is 1. The van der Waals surface area contributed by atoms with Crippen LogP contribution in [0.1, 0.15) is 21.5 Å². The summed E-state index contributed by atoms with van der Waals surface area (Å²) in [5, 5.41) is 10.7. The van der Waals surface area contributed by atoms with Gasteiger partial charge in [0.1, 0.15) is 10.1 Å². The lowest BCUT2D eigenvalue weighted by Crippen LogP contribution is -2.40. The Labute approximate surface area is 170 Å². The van der Waals surface area contributed by atoms with E-state index in [4.69, 9.17) is 17.0 Å². The molecule has 6 nitrogen and oxygen atoms in total. The summed E-state index contributed by atoms with van der Waals surface area (Å²) in [7, 11) is 0. The van der Waals surface area contributed by atoms with Gasteiger partial charge in [0.25, 0.3) is 5.91 Å². The average molecular weight is 412 g/mol. The molecule has 1 aliphatic rings. The number of thiocarbonyl (C=S) groups is 1. The van der Waals surface area contributed by atoms with Crippen LogP contribution < -0.4 is 9.84 Å². The molecule has 1 saturated heterocycles.